The summed E-state index contributed by atoms with van der Waals surface area (Å²) in [7, 11) is 0. The molecule has 1 aliphatic heterocycles. The van der Waals surface area contributed by atoms with E-state index in [1.165, 1.54) is 24.8 Å². The number of amides is 1. The van der Waals surface area contributed by atoms with Gasteiger partial charge in [-0.25, -0.2) is 0 Å². The minimum Gasteiger partial charge on any atom is -0.352 e. The van der Waals surface area contributed by atoms with Gasteiger partial charge in [-0.2, -0.15) is 0 Å². The van der Waals surface area contributed by atoms with Gasteiger partial charge in [0.15, 0.2) is 0 Å². The number of hydrogen-bond acceptors (Lipinski definition) is 3. The molecule has 0 spiro atoms. The molecule has 1 aromatic carbocycles. The average Bonchev–Trinajstić information content (AvgIpc) is 2.94. The number of benzene rings is 1. The van der Waals surface area contributed by atoms with Crippen LogP contribution in [0.3, 0.4) is 0 Å². The summed E-state index contributed by atoms with van der Waals surface area (Å²) < 4.78 is 0. The Morgan fingerprint density at radius 2 is 1.75 bits per heavy atom. The molecule has 2 bridgehead atoms. The monoisotopic (exact) mass is 427 g/mol. The lowest BCUT2D eigenvalue weighted by Crippen LogP contribution is -2.50. The third-order valence-corrected chi connectivity index (χ3v) is 7.06. The van der Waals surface area contributed by atoms with Crippen LogP contribution in [0.4, 0.5) is 0 Å². The van der Waals surface area contributed by atoms with Gasteiger partial charge >= 0.3 is 0 Å². The van der Waals surface area contributed by atoms with E-state index in [1.807, 2.05) is 0 Å². The maximum atomic E-state index is 12.9. The fourth-order valence-corrected chi connectivity index (χ4v) is 5.56. The normalized spacial score (nSPS) is 34.8. The Bertz CT molecular complexity index is 615. The smallest absolute Gasteiger partial charge is 0.223 e. The first-order chi connectivity index (χ1) is 12.6. The Labute approximate surface area is 181 Å². The number of fused-ring (bicyclic) bond motifs is 2. The number of carbonyl (C=O) groups excluding carboxylic acids is 1. The van der Waals surface area contributed by atoms with Crippen molar-refractivity contribution in [2.45, 2.75) is 70.1 Å². The van der Waals surface area contributed by atoms with Crippen LogP contribution in [0.5, 0.6) is 0 Å². The standard InChI is InChI=1S/C22H33N3O.2ClH/c1-15-10-20(14-25(15)13-16-6-3-2-4-7-16)24-22(26)19-11-17-8-5-9-18(12-19)21(17)23;;/h2-4,6-7,15,17-21H,5,8-14,23H2,1H3,(H,24,26);2*1H. The molecule has 1 saturated heterocycles. The van der Waals surface area contributed by atoms with E-state index in [0.29, 0.717) is 23.9 Å². The summed E-state index contributed by atoms with van der Waals surface area (Å²) >= 11 is 0. The zero-order valence-electron chi connectivity index (χ0n) is 16.8. The molecule has 3 N–H and O–H groups in total. The van der Waals surface area contributed by atoms with Crippen molar-refractivity contribution in [1.29, 1.82) is 0 Å². The summed E-state index contributed by atoms with van der Waals surface area (Å²) in [5.74, 6) is 1.60. The molecule has 3 aliphatic rings. The van der Waals surface area contributed by atoms with Crippen molar-refractivity contribution >= 4 is 30.7 Å². The van der Waals surface area contributed by atoms with Gasteiger partial charge in [0, 0.05) is 37.1 Å². The van der Waals surface area contributed by atoms with E-state index in [4.69, 9.17) is 5.73 Å². The highest BCUT2D eigenvalue weighted by atomic mass is 35.5. The fraction of sp³-hybridized carbons (Fsp3) is 0.682. The van der Waals surface area contributed by atoms with Crippen LogP contribution in [0.25, 0.3) is 0 Å². The van der Waals surface area contributed by atoms with Gasteiger partial charge in [0.25, 0.3) is 0 Å². The van der Waals surface area contributed by atoms with Crippen molar-refractivity contribution in [3.63, 3.8) is 0 Å². The fourth-order valence-electron chi connectivity index (χ4n) is 5.56. The number of rotatable bonds is 4. The van der Waals surface area contributed by atoms with Crippen LogP contribution in [0.2, 0.25) is 0 Å². The van der Waals surface area contributed by atoms with E-state index in [1.54, 1.807) is 0 Å². The topological polar surface area (TPSA) is 58.4 Å². The minimum atomic E-state index is 0. The maximum Gasteiger partial charge on any atom is 0.223 e. The molecule has 1 aromatic rings. The molecule has 2 aliphatic carbocycles. The Morgan fingerprint density at radius 1 is 1.11 bits per heavy atom. The molecule has 4 unspecified atom stereocenters. The minimum absolute atomic E-state index is 0. The first-order valence-electron chi connectivity index (χ1n) is 10.4. The number of nitrogens with two attached hydrogens (primary N) is 1. The molecule has 4 atom stereocenters. The molecule has 4 nitrogen and oxygen atoms in total. The molecule has 0 aromatic heterocycles. The molecule has 4 rings (SSSR count). The number of likely N-dealkylation sites (tertiary alicyclic amines) is 1. The lowest BCUT2D eigenvalue weighted by atomic mass is 9.65. The molecule has 2 saturated carbocycles. The zero-order valence-corrected chi connectivity index (χ0v) is 18.4. The van der Waals surface area contributed by atoms with Gasteiger partial charge in [0.05, 0.1) is 0 Å². The maximum absolute atomic E-state index is 12.9. The van der Waals surface area contributed by atoms with E-state index < -0.39 is 0 Å². The van der Waals surface area contributed by atoms with Crippen LogP contribution in [0.15, 0.2) is 30.3 Å². The highest BCUT2D eigenvalue weighted by molar-refractivity contribution is 5.85. The average molecular weight is 428 g/mol. The third kappa shape index (κ3) is 5.21. The molecule has 28 heavy (non-hydrogen) atoms. The highest BCUT2D eigenvalue weighted by Crippen LogP contribution is 2.42. The number of carbonyl (C=O) groups is 1. The SMILES string of the molecule is CC1CC(NC(=O)C2CC3CCCC(C2)C3N)CN1Cc1ccccc1.Cl.Cl. The third-order valence-electron chi connectivity index (χ3n) is 7.06. The van der Waals surface area contributed by atoms with Gasteiger partial charge in [0.2, 0.25) is 5.91 Å². The van der Waals surface area contributed by atoms with E-state index in [-0.39, 0.29) is 42.7 Å². The summed E-state index contributed by atoms with van der Waals surface area (Å²) in [6, 6.07) is 11.8. The van der Waals surface area contributed by atoms with Crippen LogP contribution >= 0.6 is 24.8 Å². The van der Waals surface area contributed by atoms with Crippen LogP contribution in [-0.2, 0) is 11.3 Å². The Balaban J connectivity index is 0.00000140. The lowest BCUT2D eigenvalue weighted by molar-refractivity contribution is -0.128. The van der Waals surface area contributed by atoms with Crippen molar-refractivity contribution in [3.8, 4) is 0 Å². The summed E-state index contributed by atoms with van der Waals surface area (Å²) in [6.07, 6.45) is 6.78. The largest absolute Gasteiger partial charge is 0.352 e. The van der Waals surface area contributed by atoms with Gasteiger partial charge < -0.3 is 11.1 Å². The highest BCUT2D eigenvalue weighted by Gasteiger charge is 2.41. The molecule has 1 amide bonds. The summed E-state index contributed by atoms with van der Waals surface area (Å²) in [5, 5.41) is 3.38. The predicted octanol–water partition coefficient (Wildman–Crippen LogP) is 3.76. The zero-order chi connectivity index (χ0) is 18.1. The van der Waals surface area contributed by atoms with E-state index in [9.17, 15) is 4.79 Å². The number of nitrogens with one attached hydrogen (secondary N) is 1. The first kappa shape index (κ1) is 23.5. The van der Waals surface area contributed by atoms with Crippen molar-refractivity contribution in [3.05, 3.63) is 35.9 Å². The summed E-state index contributed by atoms with van der Waals surface area (Å²) in [6.45, 7) is 4.21. The molecular weight excluding hydrogens is 393 g/mol. The van der Waals surface area contributed by atoms with Crippen LogP contribution in [0, 0.1) is 17.8 Å². The van der Waals surface area contributed by atoms with Gasteiger partial charge in [-0.05, 0) is 56.4 Å². The van der Waals surface area contributed by atoms with Crippen molar-refractivity contribution in [2.24, 2.45) is 23.5 Å². The van der Waals surface area contributed by atoms with Crippen LogP contribution in [0.1, 0.15) is 51.0 Å². The van der Waals surface area contributed by atoms with Crippen molar-refractivity contribution in [2.75, 3.05) is 6.54 Å². The first-order valence-corrected chi connectivity index (χ1v) is 10.4. The second-order valence-corrected chi connectivity index (χ2v) is 8.90. The number of halogens is 2. The Morgan fingerprint density at radius 3 is 2.39 bits per heavy atom. The van der Waals surface area contributed by atoms with E-state index in [2.05, 4.69) is 47.5 Å². The molecule has 158 valence electrons. The van der Waals surface area contributed by atoms with Gasteiger partial charge in [-0.3, -0.25) is 9.69 Å². The lowest BCUT2D eigenvalue weighted by Gasteiger charge is -2.43. The predicted molar refractivity (Wildman–Crippen MR) is 119 cm³/mol. The molecule has 0 radical (unpaired) electrons. The quantitative estimate of drug-likeness (QED) is 0.768. The molecule has 1 heterocycles. The second kappa shape index (κ2) is 10.3. The van der Waals surface area contributed by atoms with Gasteiger partial charge in [0.1, 0.15) is 0 Å². The van der Waals surface area contributed by atoms with Crippen LogP contribution < -0.4 is 11.1 Å². The van der Waals surface area contributed by atoms with Crippen molar-refractivity contribution < 1.29 is 4.79 Å². The Kier molecular flexibility index (Phi) is 8.62. The Hall–Kier alpha value is -0.810. The van der Waals surface area contributed by atoms with Crippen molar-refractivity contribution in [1.82, 2.24) is 10.2 Å². The van der Waals surface area contributed by atoms with E-state index >= 15 is 0 Å². The molecule has 6 heteroatoms. The molecular formula is C22H35Cl2N3O. The molecule has 3 fully saturated rings. The summed E-state index contributed by atoms with van der Waals surface area (Å²) in [5.41, 5.74) is 7.73. The van der Waals surface area contributed by atoms with Gasteiger partial charge in [-0.1, -0.05) is 36.8 Å². The second-order valence-electron chi connectivity index (χ2n) is 8.90. The summed E-state index contributed by atoms with van der Waals surface area (Å²) in [4.78, 5) is 15.4. The van der Waals surface area contributed by atoms with Gasteiger partial charge in [-0.15, -0.1) is 24.8 Å². The number of nitrogens with zero attached hydrogens (tertiary/aromatic N) is 1. The number of hydrogen-bond donors (Lipinski definition) is 2. The van der Waals surface area contributed by atoms with Crippen LogP contribution in [-0.4, -0.2) is 35.5 Å². The van der Waals surface area contributed by atoms with E-state index in [0.717, 1.165) is 32.4 Å².